The van der Waals surface area contributed by atoms with Gasteiger partial charge in [-0.2, -0.15) is 0 Å². The molecule has 20 nitrogen and oxygen atoms in total. The number of hydrogen-bond acceptors (Lipinski definition) is 16. The molecule has 3 aliphatic rings. The fourth-order valence-corrected chi connectivity index (χ4v) is 6.96. The van der Waals surface area contributed by atoms with E-state index >= 15 is 0 Å². The first-order chi connectivity index (χ1) is 31.8. The van der Waals surface area contributed by atoms with Crippen molar-refractivity contribution in [1.82, 2.24) is 15.1 Å². The molecule has 0 aromatic heterocycles. The number of carbonyl (C=O) groups is 7. The van der Waals surface area contributed by atoms with E-state index in [4.69, 9.17) is 42.6 Å². The predicted octanol–water partition coefficient (Wildman–Crippen LogP) is 2.03. The standard InChI is InChI=1S/C45H60N4O16/c50-38(46-36-10-6-9-35-40(36)45(56)49(44(35)55)37-12-13-39(51)47-41(37)52)11-2-1-5-15-57-17-19-59-21-23-61-25-27-63-29-31-65-32-30-64-28-26-62-24-22-60-20-18-58-16-14-48-42(53)33-7-3-4-8-34(33)43(48)54/h3-4,6-10,37H,1-2,5,11-32H2,(H,46,50)(H,47,51,52). The minimum Gasteiger partial charge on any atom is -0.379 e. The second-order valence-electron chi connectivity index (χ2n) is 14.9. The van der Waals surface area contributed by atoms with Crippen molar-refractivity contribution in [3.63, 3.8) is 0 Å². The van der Waals surface area contributed by atoms with Crippen LogP contribution in [0.5, 0.6) is 0 Å². The summed E-state index contributed by atoms with van der Waals surface area (Å²) in [5, 5.41) is 4.90. The molecule has 1 atom stereocenters. The summed E-state index contributed by atoms with van der Waals surface area (Å²) in [6.45, 7) is 7.80. The summed E-state index contributed by atoms with van der Waals surface area (Å²) in [5.41, 5.74) is 1.22. The lowest BCUT2D eigenvalue weighted by molar-refractivity contribution is -0.136. The highest BCUT2D eigenvalue weighted by Gasteiger charge is 2.45. The average Bonchev–Trinajstić information content (AvgIpc) is 3.70. The number of rotatable bonds is 35. The molecule has 3 heterocycles. The zero-order valence-electron chi connectivity index (χ0n) is 36.7. The molecule has 5 rings (SSSR count). The number of imide groups is 3. The molecule has 0 aliphatic carbocycles. The van der Waals surface area contributed by atoms with E-state index < -0.39 is 29.7 Å². The first-order valence-electron chi connectivity index (χ1n) is 22.1. The third-order valence-electron chi connectivity index (χ3n) is 10.2. The van der Waals surface area contributed by atoms with Crippen LogP contribution in [0.1, 0.15) is 80.0 Å². The second-order valence-corrected chi connectivity index (χ2v) is 14.9. The summed E-state index contributed by atoms with van der Waals surface area (Å²) in [6.07, 6.45) is 2.40. The van der Waals surface area contributed by atoms with Crippen LogP contribution >= 0.6 is 0 Å². The highest BCUT2D eigenvalue weighted by Crippen LogP contribution is 2.32. The first-order valence-corrected chi connectivity index (χ1v) is 22.1. The molecule has 65 heavy (non-hydrogen) atoms. The van der Waals surface area contributed by atoms with Crippen molar-refractivity contribution in [2.24, 2.45) is 0 Å². The van der Waals surface area contributed by atoms with Crippen LogP contribution in [-0.4, -0.2) is 183 Å². The maximum atomic E-state index is 13.2. The Morgan fingerprint density at radius 1 is 0.523 bits per heavy atom. The number of anilines is 1. The van der Waals surface area contributed by atoms with Crippen molar-refractivity contribution in [3.05, 3.63) is 64.7 Å². The quantitative estimate of drug-likeness (QED) is 0.0744. The number of hydrogen-bond donors (Lipinski definition) is 2. The van der Waals surface area contributed by atoms with Crippen molar-refractivity contribution in [3.8, 4) is 0 Å². The van der Waals surface area contributed by atoms with Crippen LogP contribution in [0, 0.1) is 0 Å². The molecule has 20 heteroatoms. The van der Waals surface area contributed by atoms with Crippen LogP contribution < -0.4 is 10.6 Å². The largest absolute Gasteiger partial charge is 0.379 e. The van der Waals surface area contributed by atoms with Crippen LogP contribution in [0.3, 0.4) is 0 Å². The Balaban J connectivity index is 0.710. The van der Waals surface area contributed by atoms with Gasteiger partial charge in [0, 0.05) is 19.4 Å². The van der Waals surface area contributed by atoms with Crippen LogP contribution in [0.4, 0.5) is 5.69 Å². The van der Waals surface area contributed by atoms with Gasteiger partial charge in [0.05, 0.1) is 147 Å². The van der Waals surface area contributed by atoms with E-state index in [1.165, 1.54) is 11.0 Å². The fraction of sp³-hybridized carbons (Fsp3) is 0.578. The lowest BCUT2D eigenvalue weighted by atomic mass is 10.0. The number of unbranched alkanes of at least 4 members (excludes halogenated alkanes) is 2. The molecule has 7 amide bonds. The maximum Gasteiger partial charge on any atom is 0.264 e. The minimum absolute atomic E-state index is 0.0229. The molecule has 1 saturated heterocycles. The predicted molar refractivity (Wildman–Crippen MR) is 229 cm³/mol. The Hall–Kier alpha value is -5.03. The van der Waals surface area contributed by atoms with Crippen molar-refractivity contribution in [2.45, 2.75) is 44.6 Å². The zero-order valence-corrected chi connectivity index (χ0v) is 36.7. The lowest BCUT2D eigenvalue weighted by Crippen LogP contribution is -2.54. The van der Waals surface area contributed by atoms with Crippen molar-refractivity contribution in [2.75, 3.05) is 131 Å². The number of ether oxygens (including phenoxy) is 9. The number of carbonyl (C=O) groups excluding carboxylic acids is 7. The van der Waals surface area contributed by atoms with Gasteiger partial charge in [-0.25, -0.2) is 0 Å². The lowest BCUT2D eigenvalue weighted by Gasteiger charge is -2.27. The molecule has 2 aromatic rings. The van der Waals surface area contributed by atoms with Crippen LogP contribution in [-0.2, 0) is 57.0 Å². The molecule has 0 saturated carbocycles. The van der Waals surface area contributed by atoms with E-state index in [1.54, 1.807) is 36.4 Å². The van der Waals surface area contributed by atoms with Gasteiger partial charge in [-0.3, -0.25) is 48.7 Å². The van der Waals surface area contributed by atoms with E-state index in [0.29, 0.717) is 130 Å². The molecule has 0 spiro atoms. The third-order valence-corrected chi connectivity index (χ3v) is 10.2. The van der Waals surface area contributed by atoms with Gasteiger partial charge in [0.1, 0.15) is 6.04 Å². The molecule has 3 aliphatic heterocycles. The van der Waals surface area contributed by atoms with Gasteiger partial charge in [-0.15, -0.1) is 0 Å². The Bertz CT molecular complexity index is 1860. The number of piperidine rings is 1. The van der Waals surface area contributed by atoms with Gasteiger partial charge < -0.3 is 47.9 Å². The number of fused-ring (bicyclic) bond motifs is 2. The van der Waals surface area contributed by atoms with Crippen LogP contribution in [0.2, 0.25) is 0 Å². The molecule has 0 radical (unpaired) electrons. The van der Waals surface area contributed by atoms with Gasteiger partial charge in [0.2, 0.25) is 17.7 Å². The SMILES string of the molecule is O=C1CCC(N2C(=O)c3cccc(NC(=O)CCCCCOCCOCCOCCOCCOCCOCCOCCOCCOCCN4C(=O)c5ccccc5C4=O)c3C2=O)C(=O)N1. The Morgan fingerprint density at radius 2 is 0.985 bits per heavy atom. The number of benzene rings is 2. The van der Waals surface area contributed by atoms with E-state index in [9.17, 15) is 33.6 Å². The number of amides is 7. The van der Waals surface area contributed by atoms with E-state index in [-0.39, 0.29) is 66.9 Å². The zero-order chi connectivity index (χ0) is 46.1. The van der Waals surface area contributed by atoms with Gasteiger partial charge in [0.15, 0.2) is 0 Å². The van der Waals surface area contributed by atoms with Crippen LogP contribution in [0.25, 0.3) is 0 Å². The normalized spacial score (nSPS) is 15.8. The fourth-order valence-electron chi connectivity index (χ4n) is 6.96. The summed E-state index contributed by atoms with van der Waals surface area (Å²) in [5.74, 6) is -3.33. The molecule has 2 N–H and O–H groups in total. The smallest absolute Gasteiger partial charge is 0.264 e. The summed E-state index contributed by atoms with van der Waals surface area (Å²) in [7, 11) is 0. The molecular formula is C45H60N4O16. The van der Waals surface area contributed by atoms with Gasteiger partial charge in [-0.05, 0) is 43.5 Å². The highest BCUT2D eigenvalue weighted by atomic mass is 16.6. The molecule has 1 fully saturated rings. The first kappa shape index (κ1) is 51.0. The Labute approximate surface area is 377 Å². The molecule has 1 unspecified atom stereocenters. The van der Waals surface area contributed by atoms with E-state index in [0.717, 1.165) is 17.7 Å². The van der Waals surface area contributed by atoms with Crippen molar-refractivity contribution >= 4 is 47.0 Å². The average molecular weight is 913 g/mol. The second kappa shape index (κ2) is 28.8. The van der Waals surface area contributed by atoms with Crippen molar-refractivity contribution < 1.29 is 76.2 Å². The van der Waals surface area contributed by atoms with Gasteiger partial charge >= 0.3 is 0 Å². The maximum absolute atomic E-state index is 13.2. The monoisotopic (exact) mass is 912 g/mol. The van der Waals surface area contributed by atoms with Crippen molar-refractivity contribution in [1.29, 1.82) is 0 Å². The summed E-state index contributed by atoms with van der Waals surface area (Å²) < 4.78 is 49.6. The van der Waals surface area contributed by atoms with Gasteiger partial charge in [0.25, 0.3) is 23.6 Å². The molecule has 356 valence electrons. The van der Waals surface area contributed by atoms with E-state index in [1.807, 2.05) is 0 Å². The Morgan fingerprint density at radius 3 is 1.48 bits per heavy atom. The Kier molecular flexibility index (Phi) is 22.6. The third kappa shape index (κ3) is 16.4. The highest BCUT2D eigenvalue weighted by molar-refractivity contribution is 6.26. The topological polar surface area (TPSA) is 233 Å². The molecular weight excluding hydrogens is 853 g/mol. The molecule has 2 aromatic carbocycles. The molecule has 0 bridgehead atoms. The summed E-state index contributed by atoms with van der Waals surface area (Å²) in [6, 6.07) is 10.3. The minimum atomic E-state index is -1.08. The summed E-state index contributed by atoms with van der Waals surface area (Å²) >= 11 is 0. The summed E-state index contributed by atoms with van der Waals surface area (Å²) in [4.78, 5) is 89.5. The number of nitrogens with one attached hydrogen (secondary N) is 2. The van der Waals surface area contributed by atoms with Crippen LogP contribution in [0.15, 0.2) is 42.5 Å². The van der Waals surface area contributed by atoms with Gasteiger partial charge in [-0.1, -0.05) is 24.6 Å². The van der Waals surface area contributed by atoms with E-state index in [2.05, 4.69) is 10.6 Å². The number of nitrogens with zero attached hydrogens (tertiary/aromatic N) is 2.